The fourth-order valence-corrected chi connectivity index (χ4v) is 3.56. The maximum absolute atomic E-state index is 12.1. The van der Waals surface area contributed by atoms with Crippen LogP contribution in [0.2, 0.25) is 0 Å². The standard InChI is InChI=1S/C15H20N2O2/c1-2-19-15(18)17-10-11-5-6-14(17)13(8-11)12-4-3-7-16-9-12/h3-4,7,9,11,13-14H,2,5-6,8,10H2,1H3. The summed E-state index contributed by atoms with van der Waals surface area (Å²) in [5, 5.41) is 0. The van der Waals surface area contributed by atoms with Crippen LogP contribution < -0.4 is 0 Å². The van der Waals surface area contributed by atoms with Gasteiger partial charge in [-0.25, -0.2) is 4.79 Å². The summed E-state index contributed by atoms with van der Waals surface area (Å²) in [5.41, 5.74) is 1.26. The average Bonchev–Trinajstić information content (AvgIpc) is 2.49. The average molecular weight is 260 g/mol. The van der Waals surface area contributed by atoms with Gasteiger partial charge in [-0.2, -0.15) is 0 Å². The highest BCUT2D eigenvalue weighted by Gasteiger charge is 2.43. The summed E-state index contributed by atoms with van der Waals surface area (Å²) in [6, 6.07) is 4.39. The third-order valence-corrected chi connectivity index (χ3v) is 4.39. The van der Waals surface area contributed by atoms with Crippen LogP contribution in [0.3, 0.4) is 0 Å². The molecule has 2 saturated heterocycles. The second-order valence-corrected chi connectivity index (χ2v) is 5.49. The number of piperidine rings is 2. The molecular weight excluding hydrogens is 240 g/mol. The molecule has 1 aliphatic carbocycles. The molecule has 4 nitrogen and oxygen atoms in total. The van der Waals surface area contributed by atoms with E-state index in [4.69, 9.17) is 4.74 Å². The van der Waals surface area contributed by atoms with E-state index in [1.165, 1.54) is 18.4 Å². The molecule has 3 atom stereocenters. The molecule has 3 unspecified atom stereocenters. The van der Waals surface area contributed by atoms with Crippen molar-refractivity contribution in [2.24, 2.45) is 5.92 Å². The second kappa shape index (κ2) is 5.19. The van der Waals surface area contributed by atoms with Gasteiger partial charge in [0.25, 0.3) is 0 Å². The Bertz CT molecular complexity index is 449. The number of rotatable bonds is 2. The molecule has 1 amide bonds. The molecule has 19 heavy (non-hydrogen) atoms. The van der Waals surface area contributed by atoms with E-state index in [0.29, 0.717) is 18.4 Å². The van der Waals surface area contributed by atoms with Crippen molar-refractivity contribution < 1.29 is 9.53 Å². The summed E-state index contributed by atoms with van der Waals surface area (Å²) >= 11 is 0. The molecule has 4 rings (SSSR count). The summed E-state index contributed by atoms with van der Waals surface area (Å²) < 4.78 is 5.19. The Morgan fingerprint density at radius 2 is 2.42 bits per heavy atom. The summed E-state index contributed by atoms with van der Waals surface area (Å²) in [5.74, 6) is 1.03. The van der Waals surface area contributed by atoms with Crippen molar-refractivity contribution >= 4 is 6.09 Å². The first-order valence-electron chi connectivity index (χ1n) is 7.13. The van der Waals surface area contributed by atoms with Gasteiger partial charge in [0.1, 0.15) is 0 Å². The number of ether oxygens (including phenoxy) is 1. The fourth-order valence-electron chi connectivity index (χ4n) is 3.56. The van der Waals surface area contributed by atoms with Gasteiger partial charge in [0.15, 0.2) is 0 Å². The molecule has 2 aliphatic heterocycles. The summed E-state index contributed by atoms with van der Waals surface area (Å²) in [4.78, 5) is 18.2. The Hall–Kier alpha value is -1.58. The van der Waals surface area contributed by atoms with E-state index in [9.17, 15) is 4.79 Å². The lowest BCUT2D eigenvalue weighted by Crippen LogP contribution is -2.54. The largest absolute Gasteiger partial charge is 0.450 e. The van der Waals surface area contributed by atoms with Crippen LogP contribution in [-0.2, 0) is 4.74 Å². The molecular formula is C15H20N2O2. The Morgan fingerprint density at radius 3 is 3.11 bits per heavy atom. The summed E-state index contributed by atoms with van der Waals surface area (Å²) in [6.45, 7) is 3.17. The lowest BCUT2D eigenvalue weighted by Gasteiger charge is -2.49. The molecule has 1 aromatic rings. The van der Waals surface area contributed by atoms with Crippen LogP contribution in [0, 0.1) is 5.92 Å². The maximum Gasteiger partial charge on any atom is 0.410 e. The van der Waals surface area contributed by atoms with Crippen LogP contribution in [0.25, 0.3) is 0 Å². The molecule has 3 aliphatic rings. The Balaban J connectivity index is 1.82. The number of aromatic nitrogens is 1. The molecule has 0 N–H and O–H groups in total. The van der Waals surface area contributed by atoms with Crippen molar-refractivity contribution in [3.8, 4) is 0 Å². The Morgan fingerprint density at radius 1 is 1.53 bits per heavy atom. The van der Waals surface area contributed by atoms with Crippen molar-refractivity contribution in [1.82, 2.24) is 9.88 Å². The summed E-state index contributed by atoms with van der Waals surface area (Å²) in [6.07, 6.45) is 7.08. The normalized spacial score (nSPS) is 29.3. The molecule has 3 fully saturated rings. The van der Waals surface area contributed by atoms with Gasteiger partial charge in [0.2, 0.25) is 0 Å². The first-order valence-corrected chi connectivity index (χ1v) is 7.13. The van der Waals surface area contributed by atoms with Crippen molar-refractivity contribution in [2.45, 2.75) is 38.1 Å². The molecule has 0 radical (unpaired) electrons. The third kappa shape index (κ3) is 2.31. The minimum Gasteiger partial charge on any atom is -0.450 e. The fraction of sp³-hybridized carbons (Fsp3) is 0.600. The SMILES string of the molecule is CCOC(=O)N1CC2CCC1C(c1cccnc1)C2. The highest BCUT2D eigenvalue weighted by atomic mass is 16.6. The number of hydrogen-bond donors (Lipinski definition) is 0. The number of fused-ring (bicyclic) bond motifs is 3. The smallest absolute Gasteiger partial charge is 0.410 e. The Labute approximate surface area is 113 Å². The van der Waals surface area contributed by atoms with Crippen LogP contribution in [0.1, 0.15) is 37.7 Å². The van der Waals surface area contributed by atoms with Crippen LogP contribution >= 0.6 is 0 Å². The van der Waals surface area contributed by atoms with Crippen LogP contribution in [-0.4, -0.2) is 35.2 Å². The molecule has 3 heterocycles. The number of carbonyl (C=O) groups is 1. The zero-order valence-corrected chi connectivity index (χ0v) is 11.3. The highest BCUT2D eigenvalue weighted by Crippen LogP contribution is 2.44. The molecule has 102 valence electrons. The van der Waals surface area contributed by atoms with Gasteiger partial charge in [0.05, 0.1) is 6.61 Å². The van der Waals surface area contributed by atoms with Gasteiger partial charge < -0.3 is 9.64 Å². The predicted octanol–water partition coefficient (Wildman–Crippen LogP) is 2.81. The van der Waals surface area contributed by atoms with Crippen molar-refractivity contribution in [1.29, 1.82) is 0 Å². The first-order chi connectivity index (χ1) is 9.29. The van der Waals surface area contributed by atoms with Crippen LogP contribution in [0.4, 0.5) is 4.79 Å². The first kappa shape index (κ1) is 12.5. The van der Waals surface area contributed by atoms with Gasteiger partial charge in [0, 0.05) is 30.9 Å². The lowest BCUT2D eigenvalue weighted by atomic mass is 9.70. The minimum atomic E-state index is -0.147. The quantitative estimate of drug-likeness (QED) is 0.821. The van der Waals surface area contributed by atoms with Crippen molar-refractivity contribution in [3.05, 3.63) is 30.1 Å². The number of hydrogen-bond acceptors (Lipinski definition) is 3. The molecule has 4 heteroatoms. The van der Waals surface area contributed by atoms with E-state index in [1.807, 2.05) is 24.1 Å². The molecule has 2 bridgehead atoms. The monoisotopic (exact) mass is 260 g/mol. The highest BCUT2D eigenvalue weighted by molar-refractivity contribution is 5.68. The Kier molecular flexibility index (Phi) is 3.40. The molecule has 0 spiro atoms. The third-order valence-electron chi connectivity index (χ3n) is 4.39. The van der Waals surface area contributed by atoms with E-state index in [-0.39, 0.29) is 12.1 Å². The van der Waals surface area contributed by atoms with Gasteiger partial charge >= 0.3 is 6.09 Å². The second-order valence-electron chi connectivity index (χ2n) is 5.49. The van der Waals surface area contributed by atoms with E-state index in [1.54, 1.807) is 6.20 Å². The molecule has 1 aromatic heterocycles. The predicted molar refractivity (Wildman–Crippen MR) is 71.8 cm³/mol. The zero-order chi connectivity index (χ0) is 13.2. The molecule has 0 aromatic carbocycles. The summed E-state index contributed by atoms with van der Waals surface area (Å²) in [7, 11) is 0. The lowest BCUT2D eigenvalue weighted by molar-refractivity contribution is 0.0194. The van der Waals surface area contributed by atoms with Crippen LogP contribution in [0.5, 0.6) is 0 Å². The van der Waals surface area contributed by atoms with Gasteiger partial charge in [-0.05, 0) is 43.7 Å². The van der Waals surface area contributed by atoms with Crippen LogP contribution in [0.15, 0.2) is 24.5 Å². The number of carbonyl (C=O) groups excluding carboxylic acids is 1. The number of amides is 1. The minimum absolute atomic E-state index is 0.147. The zero-order valence-electron chi connectivity index (χ0n) is 11.3. The topological polar surface area (TPSA) is 42.4 Å². The number of pyridine rings is 1. The van der Waals surface area contributed by atoms with Crippen molar-refractivity contribution in [3.63, 3.8) is 0 Å². The van der Waals surface area contributed by atoms with E-state index >= 15 is 0 Å². The van der Waals surface area contributed by atoms with Crippen molar-refractivity contribution in [2.75, 3.05) is 13.2 Å². The van der Waals surface area contributed by atoms with E-state index in [0.717, 1.165) is 13.0 Å². The van der Waals surface area contributed by atoms with Gasteiger partial charge in [-0.1, -0.05) is 6.07 Å². The molecule has 1 saturated carbocycles. The van der Waals surface area contributed by atoms with Gasteiger partial charge in [-0.15, -0.1) is 0 Å². The van der Waals surface area contributed by atoms with Gasteiger partial charge in [-0.3, -0.25) is 4.98 Å². The van der Waals surface area contributed by atoms with E-state index < -0.39 is 0 Å². The van der Waals surface area contributed by atoms with E-state index in [2.05, 4.69) is 11.1 Å². The maximum atomic E-state index is 12.1. The number of nitrogens with zero attached hydrogens (tertiary/aromatic N) is 2.